The molecule has 34 heavy (non-hydrogen) atoms. The first kappa shape index (κ1) is 22.7. The fourth-order valence-corrected chi connectivity index (χ4v) is 3.98. The van der Waals surface area contributed by atoms with Gasteiger partial charge in [-0.15, -0.1) is 0 Å². The molecule has 4 rings (SSSR count). The molecule has 4 aromatic rings. The van der Waals surface area contributed by atoms with Crippen LogP contribution in [0, 0.1) is 19.7 Å². The zero-order valence-electron chi connectivity index (χ0n) is 18.4. The van der Waals surface area contributed by atoms with E-state index in [2.05, 4.69) is 5.32 Å². The Morgan fingerprint density at radius 3 is 2.35 bits per heavy atom. The normalized spacial score (nSPS) is 10.9. The number of carboxylic acid groups (broad SMARTS) is 1. The van der Waals surface area contributed by atoms with Gasteiger partial charge in [-0.2, -0.15) is 0 Å². The summed E-state index contributed by atoms with van der Waals surface area (Å²) < 4.78 is 15.2. The van der Waals surface area contributed by atoms with Gasteiger partial charge in [-0.25, -0.2) is 9.18 Å². The second-order valence-corrected chi connectivity index (χ2v) is 8.01. The highest BCUT2D eigenvalue weighted by Gasteiger charge is 2.18. The minimum absolute atomic E-state index is 0.101. The number of aryl methyl sites for hydroxylation is 2. The minimum Gasteiger partial charge on any atom is -0.507 e. The van der Waals surface area contributed by atoms with E-state index in [4.69, 9.17) is 5.11 Å². The first-order valence-corrected chi connectivity index (χ1v) is 10.4. The maximum absolute atomic E-state index is 13.2. The Labute approximate surface area is 194 Å². The average Bonchev–Trinajstić information content (AvgIpc) is 3.13. The van der Waals surface area contributed by atoms with Crippen LogP contribution in [0.1, 0.15) is 32.7 Å². The monoisotopic (exact) mass is 460 g/mol. The Kier molecular flexibility index (Phi) is 5.89. The number of fused-ring (bicyclic) bond motifs is 1. The average molecular weight is 460 g/mol. The van der Waals surface area contributed by atoms with Crippen molar-refractivity contribution in [3.8, 4) is 5.75 Å². The summed E-state index contributed by atoms with van der Waals surface area (Å²) in [6.07, 6.45) is 0. The summed E-state index contributed by atoms with van der Waals surface area (Å²) in [5, 5.41) is 22.3. The number of nitrogens with one attached hydrogen (secondary N) is 1. The highest BCUT2D eigenvalue weighted by molar-refractivity contribution is 6.37. The van der Waals surface area contributed by atoms with Crippen LogP contribution in [0.25, 0.3) is 10.9 Å². The maximum atomic E-state index is 13.2. The number of phenolic OH excluding ortho intramolecular Hbond substituents is 1. The van der Waals surface area contributed by atoms with Gasteiger partial charge < -0.3 is 20.1 Å². The lowest BCUT2D eigenvalue weighted by Crippen LogP contribution is -2.21. The van der Waals surface area contributed by atoms with Crippen molar-refractivity contribution in [3.05, 3.63) is 94.4 Å². The number of aromatic nitrogens is 1. The molecule has 0 aliphatic rings. The number of aromatic hydroxyl groups is 1. The molecular formula is C26H21FN2O5. The van der Waals surface area contributed by atoms with Gasteiger partial charge in [0.05, 0.1) is 16.8 Å². The van der Waals surface area contributed by atoms with Crippen LogP contribution in [0.15, 0.2) is 60.7 Å². The van der Waals surface area contributed by atoms with E-state index in [9.17, 15) is 23.9 Å². The van der Waals surface area contributed by atoms with E-state index >= 15 is 0 Å². The predicted molar refractivity (Wildman–Crippen MR) is 125 cm³/mol. The van der Waals surface area contributed by atoms with Crippen molar-refractivity contribution in [2.24, 2.45) is 0 Å². The van der Waals surface area contributed by atoms with E-state index in [1.54, 1.807) is 24.3 Å². The number of anilines is 1. The first-order chi connectivity index (χ1) is 16.2. The zero-order valence-corrected chi connectivity index (χ0v) is 18.4. The molecule has 0 spiro atoms. The van der Waals surface area contributed by atoms with E-state index in [0.29, 0.717) is 17.6 Å². The van der Waals surface area contributed by atoms with Crippen LogP contribution in [0.5, 0.6) is 5.75 Å². The van der Waals surface area contributed by atoms with Crippen molar-refractivity contribution in [3.63, 3.8) is 0 Å². The van der Waals surface area contributed by atoms with Gasteiger partial charge in [-0.05, 0) is 73.5 Å². The molecule has 3 N–H and O–H groups in total. The summed E-state index contributed by atoms with van der Waals surface area (Å²) in [5.74, 6) is -3.77. The summed E-state index contributed by atoms with van der Waals surface area (Å²) >= 11 is 0. The molecule has 0 atom stereocenters. The Bertz CT molecular complexity index is 1450. The zero-order chi connectivity index (χ0) is 24.6. The third-order valence-electron chi connectivity index (χ3n) is 5.66. The lowest BCUT2D eigenvalue weighted by molar-refractivity contribution is -0.147. The number of carbonyl (C=O) groups is 3. The number of phenols is 1. The molecule has 1 amide bonds. The molecule has 0 fully saturated rings. The van der Waals surface area contributed by atoms with Crippen LogP contribution < -0.4 is 5.32 Å². The molecule has 0 bridgehead atoms. The van der Waals surface area contributed by atoms with Gasteiger partial charge in [-0.1, -0.05) is 12.1 Å². The number of carboxylic acids is 1. The second kappa shape index (κ2) is 8.82. The van der Waals surface area contributed by atoms with Crippen LogP contribution >= 0.6 is 0 Å². The molecule has 0 radical (unpaired) electrons. The fourth-order valence-electron chi connectivity index (χ4n) is 3.98. The molecule has 0 saturated heterocycles. The van der Waals surface area contributed by atoms with E-state index in [0.717, 1.165) is 22.3 Å². The van der Waals surface area contributed by atoms with Gasteiger partial charge in [0.25, 0.3) is 0 Å². The van der Waals surface area contributed by atoms with Crippen molar-refractivity contribution >= 4 is 34.3 Å². The van der Waals surface area contributed by atoms with Crippen LogP contribution in [0.2, 0.25) is 0 Å². The number of hydrogen-bond donors (Lipinski definition) is 3. The Balaban J connectivity index is 1.73. The highest BCUT2D eigenvalue weighted by Crippen LogP contribution is 2.31. The van der Waals surface area contributed by atoms with E-state index in [1.165, 1.54) is 30.3 Å². The number of amides is 1. The number of ketones is 1. The highest BCUT2D eigenvalue weighted by atomic mass is 19.1. The van der Waals surface area contributed by atoms with Crippen LogP contribution in [-0.2, 0) is 16.1 Å². The number of halogens is 1. The minimum atomic E-state index is -1.58. The number of rotatable bonds is 5. The predicted octanol–water partition coefficient (Wildman–Crippen LogP) is 4.41. The van der Waals surface area contributed by atoms with Crippen LogP contribution in [0.3, 0.4) is 0 Å². The Morgan fingerprint density at radius 1 is 0.971 bits per heavy atom. The third-order valence-corrected chi connectivity index (χ3v) is 5.66. The van der Waals surface area contributed by atoms with Crippen LogP contribution in [0.4, 0.5) is 10.1 Å². The standard InChI is InChI=1S/C26H21FN2O5/c1-14-3-9-21(28-25(32)26(33)34)19-11-15(2)29(23(14)19)13-16-4-10-22(30)20(12-16)24(31)17-5-7-18(27)8-6-17/h3-12,30H,13H2,1-2H3,(H,28,32)(H,33,34). The van der Waals surface area contributed by atoms with Crippen molar-refractivity contribution < 1.29 is 29.0 Å². The molecule has 0 saturated carbocycles. The number of benzene rings is 3. The number of hydrogen-bond acceptors (Lipinski definition) is 4. The second-order valence-electron chi connectivity index (χ2n) is 8.01. The number of aliphatic carboxylic acids is 1. The van der Waals surface area contributed by atoms with E-state index in [-0.39, 0.29) is 16.9 Å². The van der Waals surface area contributed by atoms with Gasteiger partial charge in [0.15, 0.2) is 5.78 Å². The molecule has 0 unspecified atom stereocenters. The summed E-state index contributed by atoms with van der Waals surface area (Å²) in [7, 11) is 0. The quantitative estimate of drug-likeness (QED) is 0.302. The van der Waals surface area contributed by atoms with Gasteiger partial charge >= 0.3 is 11.9 Å². The van der Waals surface area contributed by atoms with Crippen molar-refractivity contribution in [1.82, 2.24) is 4.57 Å². The van der Waals surface area contributed by atoms with Gasteiger partial charge in [-0.3, -0.25) is 9.59 Å². The lowest BCUT2D eigenvalue weighted by Gasteiger charge is -2.13. The lowest BCUT2D eigenvalue weighted by atomic mass is 10.00. The smallest absolute Gasteiger partial charge is 0.394 e. The number of nitrogens with zero attached hydrogens (tertiary/aromatic N) is 1. The van der Waals surface area contributed by atoms with Gasteiger partial charge in [0, 0.05) is 23.2 Å². The number of carbonyl (C=O) groups excluding carboxylic acids is 2. The Hall–Kier alpha value is -4.46. The van der Waals surface area contributed by atoms with Crippen molar-refractivity contribution in [2.45, 2.75) is 20.4 Å². The van der Waals surface area contributed by atoms with Gasteiger partial charge in [0.1, 0.15) is 11.6 Å². The molecular weight excluding hydrogens is 439 g/mol. The third kappa shape index (κ3) is 4.25. The Morgan fingerprint density at radius 2 is 1.68 bits per heavy atom. The topological polar surface area (TPSA) is 109 Å². The molecule has 7 nitrogen and oxygen atoms in total. The van der Waals surface area contributed by atoms with Crippen LogP contribution in [-0.4, -0.2) is 32.4 Å². The van der Waals surface area contributed by atoms with E-state index in [1.807, 2.05) is 24.5 Å². The van der Waals surface area contributed by atoms with E-state index < -0.39 is 23.5 Å². The molecule has 0 aliphatic carbocycles. The summed E-state index contributed by atoms with van der Waals surface area (Å²) in [4.78, 5) is 35.6. The summed E-state index contributed by atoms with van der Waals surface area (Å²) in [6.45, 7) is 4.14. The molecule has 172 valence electrons. The largest absolute Gasteiger partial charge is 0.507 e. The molecule has 1 heterocycles. The molecule has 3 aromatic carbocycles. The van der Waals surface area contributed by atoms with Gasteiger partial charge in [0.2, 0.25) is 0 Å². The molecule has 8 heteroatoms. The fraction of sp³-hybridized carbons (Fsp3) is 0.115. The first-order valence-electron chi connectivity index (χ1n) is 10.4. The van der Waals surface area contributed by atoms with Crippen molar-refractivity contribution in [2.75, 3.05) is 5.32 Å². The molecule has 0 aliphatic heterocycles. The SMILES string of the molecule is Cc1ccc(NC(=O)C(=O)O)c2cc(C)n(Cc3ccc(O)c(C(=O)c4ccc(F)cc4)c3)c12. The molecule has 1 aromatic heterocycles. The van der Waals surface area contributed by atoms with Crippen molar-refractivity contribution in [1.29, 1.82) is 0 Å². The summed E-state index contributed by atoms with van der Waals surface area (Å²) in [6, 6.07) is 15.1. The summed E-state index contributed by atoms with van der Waals surface area (Å²) in [5.41, 5.74) is 4.05. The maximum Gasteiger partial charge on any atom is 0.394 e.